The van der Waals surface area contributed by atoms with Crippen LogP contribution in [0.2, 0.25) is 0 Å². The Hall–Kier alpha value is -4.29. The molecular formula is C25H24ClFN8O3. The van der Waals surface area contributed by atoms with Crippen LogP contribution in [-0.2, 0) is 6.54 Å². The summed E-state index contributed by atoms with van der Waals surface area (Å²) in [5, 5.41) is 13.8. The van der Waals surface area contributed by atoms with E-state index in [1.165, 1.54) is 20.3 Å². The maximum absolute atomic E-state index is 15.5. The van der Waals surface area contributed by atoms with Crippen LogP contribution in [0.1, 0.15) is 11.9 Å². The maximum atomic E-state index is 15.5. The maximum Gasteiger partial charge on any atom is 0.188 e. The van der Waals surface area contributed by atoms with E-state index in [2.05, 4.69) is 25.0 Å². The molecule has 2 N–H and O–H groups in total. The molecule has 0 radical (unpaired) electrons. The van der Waals surface area contributed by atoms with Gasteiger partial charge in [-0.2, -0.15) is 5.10 Å². The van der Waals surface area contributed by atoms with Gasteiger partial charge in [0, 0.05) is 42.2 Å². The molecule has 1 atom stereocenters. The number of imidazole rings is 1. The first kappa shape index (κ1) is 25.4. The van der Waals surface area contributed by atoms with E-state index in [-0.39, 0.29) is 36.5 Å². The van der Waals surface area contributed by atoms with Gasteiger partial charge in [-0.25, -0.2) is 19.3 Å². The third-order valence-corrected chi connectivity index (χ3v) is 6.29. The lowest BCUT2D eigenvalue weighted by Gasteiger charge is -2.25. The number of methoxy groups -OCH3 is 2. The van der Waals surface area contributed by atoms with Crippen molar-refractivity contribution in [2.75, 3.05) is 31.6 Å². The highest BCUT2D eigenvalue weighted by Gasteiger charge is 2.22. The second-order valence-electron chi connectivity index (χ2n) is 8.25. The lowest BCUT2D eigenvalue weighted by molar-refractivity contribution is 0.231. The van der Waals surface area contributed by atoms with E-state index in [1.807, 2.05) is 0 Å². The van der Waals surface area contributed by atoms with E-state index in [0.29, 0.717) is 39.8 Å². The van der Waals surface area contributed by atoms with Crippen LogP contribution >= 0.6 is 11.6 Å². The second kappa shape index (κ2) is 11.0. The molecule has 0 saturated heterocycles. The van der Waals surface area contributed by atoms with Crippen molar-refractivity contribution in [3.05, 3.63) is 66.9 Å². The van der Waals surface area contributed by atoms with Gasteiger partial charge >= 0.3 is 0 Å². The molecule has 0 bridgehead atoms. The molecule has 0 amide bonds. The number of rotatable bonds is 10. The summed E-state index contributed by atoms with van der Waals surface area (Å²) in [5.74, 6) is 1.09. The Morgan fingerprint density at radius 3 is 2.74 bits per heavy atom. The van der Waals surface area contributed by atoms with Crippen LogP contribution in [0.5, 0.6) is 11.5 Å². The highest BCUT2D eigenvalue weighted by atomic mass is 35.5. The molecule has 13 heteroatoms. The Morgan fingerprint density at radius 2 is 2.03 bits per heavy atom. The fraction of sp³-hybridized carbons (Fsp3) is 0.240. The molecule has 0 aliphatic carbocycles. The first-order chi connectivity index (χ1) is 18.5. The van der Waals surface area contributed by atoms with Crippen molar-refractivity contribution in [3.8, 4) is 22.8 Å². The molecule has 0 spiro atoms. The summed E-state index contributed by atoms with van der Waals surface area (Å²) in [4.78, 5) is 22.9. The predicted octanol–water partition coefficient (Wildman–Crippen LogP) is 3.88. The number of ether oxygens (including phenoxy) is 2. The molecule has 4 heterocycles. The van der Waals surface area contributed by atoms with Gasteiger partial charge in [0.25, 0.3) is 0 Å². The fourth-order valence-corrected chi connectivity index (χ4v) is 4.13. The summed E-state index contributed by atoms with van der Waals surface area (Å²) in [6, 6.07) is 6.18. The summed E-state index contributed by atoms with van der Waals surface area (Å²) in [6.07, 6.45) is 8.29. The predicted molar refractivity (Wildman–Crippen MR) is 139 cm³/mol. The van der Waals surface area contributed by atoms with Gasteiger partial charge in [0.2, 0.25) is 0 Å². The molecule has 38 heavy (non-hydrogen) atoms. The first-order valence-corrected chi connectivity index (χ1v) is 12.1. The minimum atomic E-state index is -0.577. The van der Waals surface area contributed by atoms with Crippen LogP contribution in [0.3, 0.4) is 0 Å². The van der Waals surface area contributed by atoms with Gasteiger partial charge in [-0.15, -0.1) is 11.6 Å². The molecule has 196 valence electrons. The highest BCUT2D eigenvalue weighted by Crippen LogP contribution is 2.37. The quantitative estimate of drug-likeness (QED) is 0.255. The van der Waals surface area contributed by atoms with Gasteiger partial charge < -0.3 is 24.5 Å². The van der Waals surface area contributed by atoms with Gasteiger partial charge in [0.15, 0.2) is 17.2 Å². The van der Waals surface area contributed by atoms with Crippen molar-refractivity contribution in [2.45, 2.75) is 12.6 Å². The number of aliphatic hydroxyl groups is 1. The molecule has 1 aromatic carbocycles. The second-order valence-corrected chi connectivity index (χ2v) is 8.56. The minimum absolute atomic E-state index is 0.0294. The zero-order chi connectivity index (χ0) is 26.6. The average Bonchev–Trinajstić information content (AvgIpc) is 3.65. The number of halogens is 2. The minimum Gasteiger partial charge on any atom is -0.497 e. The van der Waals surface area contributed by atoms with Gasteiger partial charge in [-0.3, -0.25) is 9.67 Å². The number of aromatic amines is 1. The third-order valence-electron chi connectivity index (χ3n) is 5.93. The number of pyridine rings is 1. The smallest absolute Gasteiger partial charge is 0.188 e. The number of hydrogen-bond acceptors (Lipinski definition) is 9. The van der Waals surface area contributed by atoms with Crippen molar-refractivity contribution >= 4 is 34.3 Å². The van der Waals surface area contributed by atoms with Crippen LogP contribution in [0.25, 0.3) is 22.4 Å². The summed E-state index contributed by atoms with van der Waals surface area (Å²) in [7, 11) is 2.89. The topological polar surface area (TPSA) is 127 Å². The number of aliphatic hydroxyl groups excluding tert-OH is 1. The Morgan fingerprint density at radius 1 is 1.16 bits per heavy atom. The van der Waals surface area contributed by atoms with E-state index in [1.54, 1.807) is 58.8 Å². The van der Waals surface area contributed by atoms with Gasteiger partial charge in [0.1, 0.15) is 22.9 Å². The van der Waals surface area contributed by atoms with Crippen molar-refractivity contribution in [1.82, 2.24) is 34.7 Å². The number of anilines is 2. The summed E-state index contributed by atoms with van der Waals surface area (Å²) >= 11 is 5.92. The first-order valence-electron chi connectivity index (χ1n) is 11.6. The fourth-order valence-electron chi connectivity index (χ4n) is 3.90. The molecule has 0 aliphatic heterocycles. The summed E-state index contributed by atoms with van der Waals surface area (Å²) < 4.78 is 27.7. The number of aromatic nitrogens is 7. The number of nitrogens with zero attached hydrogens (tertiary/aromatic N) is 7. The Kier molecular flexibility index (Phi) is 7.33. The van der Waals surface area contributed by atoms with E-state index < -0.39 is 5.82 Å². The number of hydrogen-bond donors (Lipinski definition) is 2. The number of benzene rings is 1. The molecule has 0 saturated carbocycles. The molecule has 11 nitrogen and oxygen atoms in total. The summed E-state index contributed by atoms with van der Waals surface area (Å²) in [5.41, 5.74) is 2.31. The molecule has 5 rings (SSSR count). The van der Waals surface area contributed by atoms with Crippen molar-refractivity contribution < 1.29 is 19.0 Å². The third kappa shape index (κ3) is 4.95. The number of alkyl halides is 1. The normalized spacial score (nSPS) is 12.0. The monoisotopic (exact) mass is 538 g/mol. The average molecular weight is 539 g/mol. The van der Waals surface area contributed by atoms with Gasteiger partial charge in [-0.05, 0) is 12.1 Å². The van der Waals surface area contributed by atoms with Crippen LogP contribution in [-0.4, -0.2) is 66.5 Å². The Bertz CT molecular complexity index is 1540. The lowest BCUT2D eigenvalue weighted by Crippen LogP contribution is -2.20. The molecule has 1 unspecified atom stereocenters. The SMILES string of the molecule is COc1cc(OC)c(F)c(N(Cc2ncc[nH]2)c2ccc3ncc(-c4cnn(C(CO)CCl)c4)nc3n2)c1. The standard InChI is InChI=1S/C25H24ClFN8O3/c1-37-17-7-20(24(27)21(8-17)38-2)34(13-22-28-5-6-29-22)23-4-3-18-25(33-23)32-19(11-30-18)15-10-31-35(12-15)16(9-26)14-36/h3-8,10-12,16,36H,9,13-14H2,1-2H3,(H,28,29). The van der Waals surface area contributed by atoms with Crippen LogP contribution < -0.4 is 14.4 Å². The van der Waals surface area contributed by atoms with Crippen molar-refractivity contribution in [2.24, 2.45) is 0 Å². The van der Waals surface area contributed by atoms with Crippen LogP contribution in [0, 0.1) is 5.82 Å². The zero-order valence-corrected chi connectivity index (χ0v) is 21.3. The molecule has 5 aromatic rings. The Labute approximate surface area is 221 Å². The largest absolute Gasteiger partial charge is 0.497 e. The molecule has 4 aromatic heterocycles. The number of nitrogens with one attached hydrogen (secondary N) is 1. The van der Waals surface area contributed by atoms with Crippen molar-refractivity contribution in [3.63, 3.8) is 0 Å². The number of H-pyrrole nitrogens is 1. The van der Waals surface area contributed by atoms with E-state index in [0.717, 1.165) is 0 Å². The number of fused-ring (bicyclic) bond motifs is 1. The van der Waals surface area contributed by atoms with Crippen LogP contribution in [0.15, 0.2) is 55.2 Å². The van der Waals surface area contributed by atoms with E-state index in [9.17, 15) is 5.11 Å². The highest BCUT2D eigenvalue weighted by molar-refractivity contribution is 6.18. The molecule has 0 fully saturated rings. The van der Waals surface area contributed by atoms with Crippen LogP contribution in [0.4, 0.5) is 15.9 Å². The molecular weight excluding hydrogens is 515 g/mol. The van der Waals surface area contributed by atoms with E-state index in [4.69, 9.17) is 26.1 Å². The Balaban J connectivity index is 1.59. The summed E-state index contributed by atoms with van der Waals surface area (Å²) in [6.45, 7) is 0.0374. The van der Waals surface area contributed by atoms with Gasteiger partial charge in [-0.1, -0.05) is 0 Å². The van der Waals surface area contributed by atoms with Gasteiger partial charge in [0.05, 0.1) is 57.2 Å². The van der Waals surface area contributed by atoms with Crippen molar-refractivity contribution in [1.29, 1.82) is 0 Å². The lowest BCUT2D eigenvalue weighted by atomic mass is 10.2. The van der Waals surface area contributed by atoms with E-state index >= 15 is 4.39 Å². The zero-order valence-electron chi connectivity index (χ0n) is 20.5. The molecule has 0 aliphatic rings.